The van der Waals surface area contributed by atoms with Gasteiger partial charge in [-0.25, -0.2) is 15.0 Å². The molecule has 1 amide bonds. The van der Waals surface area contributed by atoms with Crippen molar-refractivity contribution in [2.24, 2.45) is 0 Å². The summed E-state index contributed by atoms with van der Waals surface area (Å²) in [6.07, 6.45) is 2.85. The smallest absolute Gasteiger partial charge is 0.265 e. The second-order valence-corrected chi connectivity index (χ2v) is 8.89. The molecule has 0 saturated carbocycles. The van der Waals surface area contributed by atoms with E-state index < -0.39 is 0 Å². The zero-order valence-electron chi connectivity index (χ0n) is 16.3. The number of rotatable bonds is 4. The number of aryl methyl sites for hydroxylation is 3. The van der Waals surface area contributed by atoms with Crippen LogP contribution in [0.1, 0.15) is 33.0 Å². The number of nitrogens with zero attached hydrogens (tertiary/aromatic N) is 5. The summed E-state index contributed by atoms with van der Waals surface area (Å²) in [7, 11) is 0. The third-order valence-electron chi connectivity index (χ3n) is 4.90. The predicted octanol–water partition coefficient (Wildman–Crippen LogP) is 3.80. The van der Waals surface area contributed by atoms with Gasteiger partial charge >= 0.3 is 0 Å². The Morgan fingerprint density at radius 2 is 1.93 bits per heavy atom. The molecule has 6 nitrogen and oxygen atoms in total. The summed E-state index contributed by atoms with van der Waals surface area (Å²) < 4.78 is 0. The summed E-state index contributed by atoms with van der Waals surface area (Å²) >= 11 is 3.14. The highest BCUT2D eigenvalue weighted by Crippen LogP contribution is 2.26. The van der Waals surface area contributed by atoms with Gasteiger partial charge in [0.1, 0.15) is 15.7 Å². The van der Waals surface area contributed by atoms with Crippen LogP contribution in [-0.4, -0.2) is 51.9 Å². The maximum absolute atomic E-state index is 12.8. The maximum atomic E-state index is 12.8. The molecule has 0 aliphatic carbocycles. The summed E-state index contributed by atoms with van der Waals surface area (Å²) in [6, 6.07) is 4.14. The van der Waals surface area contributed by atoms with Crippen LogP contribution in [0.25, 0.3) is 10.6 Å². The molecule has 8 heteroatoms. The first kappa shape index (κ1) is 19.0. The first-order valence-corrected chi connectivity index (χ1v) is 11.1. The van der Waals surface area contributed by atoms with Crippen molar-refractivity contribution in [2.45, 2.75) is 27.2 Å². The molecule has 146 valence electrons. The Kier molecular flexibility index (Phi) is 5.41. The Labute approximate surface area is 172 Å². The number of hydrogen-bond donors (Lipinski definition) is 0. The molecule has 4 heterocycles. The minimum absolute atomic E-state index is 0.0987. The van der Waals surface area contributed by atoms with Crippen LogP contribution < -0.4 is 4.90 Å². The SMILES string of the molecule is CCc1csc(-c2ccc(N3CCN(C(=O)c4sc(C)nc4C)CC3)nc2)n1. The number of anilines is 1. The summed E-state index contributed by atoms with van der Waals surface area (Å²) in [4.78, 5) is 31.3. The molecule has 0 N–H and O–H groups in total. The molecule has 0 radical (unpaired) electrons. The lowest BCUT2D eigenvalue weighted by Crippen LogP contribution is -2.49. The Bertz CT molecular complexity index is 971. The van der Waals surface area contributed by atoms with E-state index in [4.69, 9.17) is 0 Å². The van der Waals surface area contributed by atoms with Gasteiger partial charge in [0.05, 0.1) is 16.4 Å². The van der Waals surface area contributed by atoms with E-state index in [1.165, 1.54) is 11.3 Å². The lowest BCUT2D eigenvalue weighted by atomic mass is 10.2. The molecule has 3 aromatic heterocycles. The van der Waals surface area contributed by atoms with Gasteiger partial charge in [-0.3, -0.25) is 4.79 Å². The third-order valence-corrected chi connectivity index (χ3v) is 6.90. The molecule has 1 aliphatic rings. The van der Waals surface area contributed by atoms with E-state index >= 15 is 0 Å². The molecule has 1 aliphatic heterocycles. The van der Waals surface area contributed by atoms with Crippen molar-refractivity contribution in [1.82, 2.24) is 19.9 Å². The fourth-order valence-electron chi connectivity index (χ4n) is 3.31. The first-order valence-electron chi connectivity index (χ1n) is 9.44. The highest BCUT2D eigenvalue weighted by atomic mass is 32.1. The van der Waals surface area contributed by atoms with Crippen LogP contribution in [0.5, 0.6) is 0 Å². The number of thiazole rings is 2. The zero-order valence-corrected chi connectivity index (χ0v) is 17.9. The number of carbonyl (C=O) groups is 1. The Morgan fingerprint density at radius 3 is 2.50 bits per heavy atom. The van der Waals surface area contributed by atoms with Crippen molar-refractivity contribution in [3.05, 3.63) is 45.0 Å². The van der Waals surface area contributed by atoms with Crippen LogP contribution in [0.3, 0.4) is 0 Å². The zero-order chi connectivity index (χ0) is 19.7. The molecule has 1 fully saturated rings. The first-order chi connectivity index (χ1) is 13.5. The lowest BCUT2D eigenvalue weighted by Gasteiger charge is -2.35. The number of pyridine rings is 1. The van der Waals surface area contributed by atoms with Crippen molar-refractivity contribution in [3.8, 4) is 10.6 Å². The van der Waals surface area contributed by atoms with E-state index in [-0.39, 0.29) is 5.91 Å². The Morgan fingerprint density at radius 1 is 1.14 bits per heavy atom. The molecule has 0 unspecified atom stereocenters. The van der Waals surface area contributed by atoms with Crippen LogP contribution in [0.2, 0.25) is 0 Å². The summed E-state index contributed by atoms with van der Waals surface area (Å²) in [5, 5.41) is 4.06. The minimum atomic E-state index is 0.0987. The molecular weight excluding hydrogens is 390 g/mol. The number of piperazine rings is 1. The molecule has 4 rings (SSSR count). The van der Waals surface area contributed by atoms with Crippen molar-refractivity contribution < 1.29 is 4.79 Å². The number of amides is 1. The molecule has 3 aromatic rings. The maximum Gasteiger partial charge on any atom is 0.265 e. The Balaban J connectivity index is 1.39. The van der Waals surface area contributed by atoms with Gasteiger partial charge in [-0.15, -0.1) is 22.7 Å². The molecule has 0 spiro atoms. The third kappa shape index (κ3) is 3.79. The normalized spacial score (nSPS) is 14.5. The van der Waals surface area contributed by atoms with Crippen LogP contribution >= 0.6 is 22.7 Å². The number of aromatic nitrogens is 3. The highest BCUT2D eigenvalue weighted by Gasteiger charge is 2.25. The minimum Gasteiger partial charge on any atom is -0.353 e. The van der Waals surface area contributed by atoms with Gasteiger partial charge in [0.25, 0.3) is 5.91 Å². The topological polar surface area (TPSA) is 62.2 Å². The molecule has 0 bridgehead atoms. The van der Waals surface area contributed by atoms with Gasteiger partial charge in [0, 0.05) is 43.3 Å². The molecular formula is C20H23N5OS2. The van der Waals surface area contributed by atoms with E-state index in [1.807, 2.05) is 24.9 Å². The van der Waals surface area contributed by atoms with E-state index in [9.17, 15) is 4.79 Å². The van der Waals surface area contributed by atoms with Gasteiger partial charge in [0.15, 0.2) is 0 Å². The molecule has 28 heavy (non-hydrogen) atoms. The van der Waals surface area contributed by atoms with Gasteiger partial charge in [-0.1, -0.05) is 6.92 Å². The highest BCUT2D eigenvalue weighted by molar-refractivity contribution is 7.13. The summed E-state index contributed by atoms with van der Waals surface area (Å²) in [5.74, 6) is 1.05. The van der Waals surface area contributed by atoms with Crippen molar-refractivity contribution in [2.75, 3.05) is 31.1 Å². The van der Waals surface area contributed by atoms with Crippen LogP contribution in [0, 0.1) is 13.8 Å². The van der Waals surface area contributed by atoms with Crippen LogP contribution in [0.15, 0.2) is 23.7 Å². The second kappa shape index (κ2) is 7.97. The Hall–Kier alpha value is -2.32. The fourth-order valence-corrected chi connectivity index (χ4v) is 5.10. The second-order valence-electron chi connectivity index (χ2n) is 6.83. The van der Waals surface area contributed by atoms with Gasteiger partial charge in [-0.2, -0.15) is 0 Å². The summed E-state index contributed by atoms with van der Waals surface area (Å²) in [5.41, 5.74) is 3.01. The number of hydrogen-bond acceptors (Lipinski definition) is 7. The van der Waals surface area contributed by atoms with Crippen molar-refractivity contribution >= 4 is 34.4 Å². The molecule has 1 saturated heterocycles. The average Bonchev–Trinajstić information content (AvgIpc) is 3.34. The van der Waals surface area contributed by atoms with Crippen molar-refractivity contribution in [3.63, 3.8) is 0 Å². The molecule has 0 aromatic carbocycles. The standard InChI is InChI=1S/C20H23N5OS2/c1-4-16-12-27-19(23-16)15-5-6-17(21-11-15)24-7-9-25(10-8-24)20(26)18-13(2)22-14(3)28-18/h5-6,11-12H,4,7-10H2,1-3H3. The monoisotopic (exact) mass is 413 g/mol. The lowest BCUT2D eigenvalue weighted by molar-refractivity contribution is 0.0750. The largest absolute Gasteiger partial charge is 0.353 e. The van der Waals surface area contributed by atoms with E-state index in [1.54, 1.807) is 11.3 Å². The van der Waals surface area contributed by atoms with E-state index in [0.717, 1.165) is 57.2 Å². The van der Waals surface area contributed by atoms with Crippen LogP contribution in [-0.2, 0) is 6.42 Å². The predicted molar refractivity (Wildman–Crippen MR) is 114 cm³/mol. The molecule has 0 atom stereocenters. The quantitative estimate of drug-likeness (QED) is 0.651. The van der Waals surface area contributed by atoms with Gasteiger partial charge in [-0.05, 0) is 32.4 Å². The van der Waals surface area contributed by atoms with Crippen LogP contribution in [0.4, 0.5) is 5.82 Å². The van der Waals surface area contributed by atoms with E-state index in [2.05, 4.69) is 44.3 Å². The van der Waals surface area contributed by atoms with Crippen molar-refractivity contribution in [1.29, 1.82) is 0 Å². The fraction of sp³-hybridized carbons (Fsp3) is 0.400. The average molecular weight is 414 g/mol. The summed E-state index contributed by atoms with van der Waals surface area (Å²) in [6.45, 7) is 8.93. The van der Waals surface area contributed by atoms with Gasteiger partial charge in [0.2, 0.25) is 0 Å². The van der Waals surface area contributed by atoms with Gasteiger partial charge < -0.3 is 9.80 Å². The number of carbonyl (C=O) groups excluding carboxylic acids is 1. The van der Waals surface area contributed by atoms with E-state index in [0.29, 0.717) is 13.1 Å².